The number of aliphatic hydroxyl groups is 2. The van der Waals surface area contributed by atoms with Gasteiger partial charge in [-0.25, -0.2) is 4.98 Å². The highest BCUT2D eigenvalue weighted by Gasteiger charge is 2.41. The SMILES string of the molecule is OCC1CCCC1(O)Cn1cncn1. The fourth-order valence-electron chi connectivity index (χ4n) is 2.19. The smallest absolute Gasteiger partial charge is 0.137 e. The van der Waals surface area contributed by atoms with Gasteiger partial charge in [0.2, 0.25) is 0 Å². The molecule has 1 aromatic rings. The van der Waals surface area contributed by atoms with Crippen molar-refractivity contribution in [3.8, 4) is 0 Å². The minimum Gasteiger partial charge on any atom is -0.396 e. The van der Waals surface area contributed by atoms with E-state index in [0.717, 1.165) is 19.3 Å². The molecule has 14 heavy (non-hydrogen) atoms. The summed E-state index contributed by atoms with van der Waals surface area (Å²) in [6.07, 6.45) is 5.63. The molecule has 0 aliphatic heterocycles. The van der Waals surface area contributed by atoms with Crippen molar-refractivity contribution in [1.29, 1.82) is 0 Å². The Bertz CT molecular complexity index is 288. The molecule has 1 aliphatic rings. The number of nitrogens with zero attached hydrogens (tertiary/aromatic N) is 3. The van der Waals surface area contributed by atoms with E-state index in [1.807, 2.05) is 0 Å². The molecule has 0 bridgehead atoms. The lowest BCUT2D eigenvalue weighted by Gasteiger charge is -2.28. The summed E-state index contributed by atoms with van der Waals surface area (Å²) in [4.78, 5) is 3.82. The molecule has 5 heteroatoms. The van der Waals surface area contributed by atoms with E-state index in [1.54, 1.807) is 11.0 Å². The van der Waals surface area contributed by atoms with Gasteiger partial charge in [-0.15, -0.1) is 0 Å². The first-order chi connectivity index (χ1) is 6.74. The Balaban J connectivity index is 2.08. The normalized spacial score (nSPS) is 32.3. The van der Waals surface area contributed by atoms with Crippen molar-refractivity contribution in [2.75, 3.05) is 6.61 Å². The topological polar surface area (TPSA) is 71.2 Å². The van der Waals surface area contributed by atoms with Gasteiger partial charge in [0.05, 0.1) is 12.1 Å². The van der Waals surface area contributed by atoms with Crippen molar-refractivity contribution >= 4 is 0 Å². The van der Waals surface area contributed by atoms with Crippen LogP contribution < -0.4 is 0 Å². The average Bonchev–Trinajstić information content (AvgIpc) is 2.75. The van der Waals surface area contributed by atoms with Crippen molar-refractivity contribution < 1.29 is 10.2 Å². The third-order valence-corrected chi connectivity index (χ3v) is 3.04. The Morgan fingerprint density at radius 3 is 3.07 bits per heavy atom. The van der Waals surface area contributed by atoms with Gasteiger partial charge in [-0.05, 0) is 12.8 Å². The first-order valence-corrected chi connectivity index (χ1v) is 4.90. The van der Waals surface area contributed by atoms with E-state index >= 15 is 0 Å². The summed E-state index contributed by atoms with van der Waals surface area (Å²) in [5, 5.41) is 23.4. The third-order valence-electron chi connectivity index (χ3n) is 3.04. The van der Waals surface area contributed by atoms with Gasteiger partial charge in [-0.1, -0.05) is 6.42 Å². The van der Waals surface area contributed by atoms with Crippen molar-refractivity contribution in [2.24, 2.45) is 5.92 Å². The molecule has 1 fully saturated rings. The zero-order valence-corrected chi connectivity index (χ0v) is 8.00. The van der Waals surface area contributed by atoms with Gasteiger partial charge in [0.25, 0.3) is 0 Å². The van der Waals surface area contributed by atoms with Crippen molar-refractivity contribution in [2.45, 2.75) is 31.4 Å². The molecular formula is C9H15N3O2. The second-order valence-electron chi connectivity index (χ2n) is 3.97. The van der Waals surface area contributed by atoms with E-state index in [0.29, 0.717) is 6.54 Å². The second-order valence-corrected chi connectivity index (χ2v) is 3.97. The van der Waals surface area contributed by atoms with E-state index in [1.165, 1.54) is 6.33 Å². The zero-order chi connectivity index (χ0) is 10.0. The lowest BCUT2D eigenvalue weighted by Crippen LogP contribution is -2.39. The molecule has 2 atom stereocenters. The lowest BCUT2D eigenvalue weighted by molar-refractivity contribution is -0.0346. The number of aromatic nitrogens is 3. The van der Waals surface area contributed by atoms with E-state index < -0.39 is 5.60 Å². The number of hydrogen-bond acceptors (Lipinski definition) is 4. The third kappa shape index (κ3) is 1.65. The van der Waals surface area contributed by atoms with Crippen LogP contribution in [0.15, 0.2) is 12.7 Å². The van der Waals surface area contributed by atoms with Crippen LogP contribution in [-0.4, -0.2) is 37.2 Å². The van der Waals surface area contributed by atoms with E-state index in [-0.39, 0.29) is 12.5 Å². The zero-order valence-electron chi connectivity index (χ0n) is 8.00. The summed E-state index contributed by atoms with van der Waals surface area (Å²) in [5.74, 6) is -0.0216. The molecule has 0 saturated heterocycles. The molecule has 1 heterocycles. The van der Waals surface area contributed by atoms with Gasteiger partial charge in [-0.3, -0.25) is 4.68 Å². The number of rotatable bonds is 3. The quantitative estimate of drug-likeness (QED) is 0.704. The van der Waals surface area contributed by atoms with Crippen LogP contribution in [0.4, 0.5) is 0 Å². The number of hydrogen-bond donors (Lipinski definition) is 2. The van der Waals surface area contributed by atoms with Crippen molar-refractivity contribution in [1.82, 2.24) is 14.8 Å². The first kappa shape index (κ1) is 9.61. The summed E-state index contributed by atoms with van der Waals surface area (Å²) in [7, 11) is 0. The summed E-state index contributed by atoms with van der Waals surface area (Å²) in [6, 6.07) is 0. The minimum atomic E-state index is -0.803. The molecule has 78 valence electrons. The Hall–Kier alpha value is -0.940. The maximum atomic E-state index is 10.3. The fraction of sp³-hybridized carbons (Fsp3) is 0.778. The first-order valence-electron chi connectivity index (χ1n) is 4.90. The standard InChI is InChI=1S/C9H15N3O2/c13-4-8-2-1-3-9(8,14)5-12-7-10-6-11-12/h6-8,13-14H,1-5H2. The Morgan fingerprint density at radius 1 is 1.57 bits per heavy atom. The Kier molecular flexibility index (Phi) is 2.52. The second kappa shape index (κ2) is 3.67. The minimum absolute atomic E-state index is 0.0216. The number of aliphatic hydroxyl groups excluding tert-OH is 1. The fourth-order valence-corrected chi connectivity index (χ4v) is 2.19. The molecule has 1 saturated carbocycles. The van der Waals surface area contributed by atoms with Gasteiger partial charge in [0.1, 0.15) is 12.7 Å². The van der Waals surface area contributed by atoms with Crippen LogP contribution in [0.3, 0.4) is 0 Å². The maximum Gasteiger partial charge on any atom is 0.137 e. The Labute approximate surface area is 82.4 Å². The highest BCUT2D eigenvalue weighted by molar-refractivity contribution is 4.91. The Morgan fingerprint density at radius 2 is 2.43 bits per heavy atom. The molecule has 2 N–H and O–H groups in total. The highest BCUT2D eigenvalue weighted by atomic mass is 16.3. The largest absolute Gasteiger partial charge is 0.396 e. The van der Waals surface area contributed by atoms with Crippen molar-refractivity contribution in [3.05, 3.63) is 12.7 Å². The van der Waals surface area contributed by atoms with Crippen LogP contribution in [-0.2, 0) is 6.54 Å². The summed E-state index contributed by atoms with van der Waals surface area (Å²) < 4.78 is 1.62. The van der Waals surface area contributed by atoms with Crippen LogP contribution in [0, 0.1) is 5.92 Å². The van der Waals surface area contributed by atoms with Gasteiger partial charge < -0.3 is 10.2 Å². The van der Waals surface area contributed by atoms with Crippen LogP contribution in [0.2, 0.25) is 0 Å². The highest BCUT2D eigenvalue weighted by Crippen LogP contribution is 2.36. The van der Waals surface area contributed by atoms with E-state index in [2.05, 4.69) is 10.1 Å². The van der Waals surface area contributed by atoms with Gasteiger partial charge in [-0.2, -0.15) is 5.10 Å². The maximum absolute atomic E-state index is 10.3. The van der Waals surface area contributed by atoms with Crippen molar-refractivity contribution in [3.63, 3.8) is 0 Å². The van der Waals surface area contributed by atoms with Crippen LogP contribution >= 0.6 is 0 Å². The summed E-state index contributed by atoms with van der Waals surface area (Å²) >= 11 is 0. The molecule has 0 aromatic carbocycles. The average molecular weight is 197 g/mol. The molecule has 0 amide bonds. The van der Waals surface area contributed by atoms with Crippen LogP contribution in [0.1, 0.15) is 19.3 Å². The monoisotopic (exact) mass is 197 g/mol. The molecule has 0 spiro atoms. The van der Waals surface area contributed by atoms with Crippen LogP contribution in [0.25, 0.3) is 0 Å². The molecular weight excluding hydrogens is 182 g/mol. The lowest BCUT2D eigenvalue weighted by atomic mass is 9.91. The van der Waals surface area contributed by atoms with Gasteiger partial charge >= 0.3 is 0 Å². The molecule has 1 aromatic heterocycles. The van der Waals surface area contributed by atoms with E-state index in [4.69, 9.17) is 5.11 Å². The molecule has 5 nitrogen and oxygen atoms in total. The predicted molar refractivity (Wildman–Crippen MR) is 49.4 cm³/mol. The molecule has 2 unspecified atom stereocenters. The van der Waals surface area contributed by atoms with Crippen LogP contribution in [0.5, 0.6) is 0 Å². The summed E-state index contributed by atoms with van der Waals surface area (Å²) in [6.45, 7) is 0.476. The summed E-state index contributed by atoms with van der Waals surface area (Å²) in [5.41, 5.74) is -0.803. The van der Waals surface area contributed by atoms with E-state index in [9.17, 15) is 5.11 Å². The molecule has 0 radical (unpaired) electrons. The van der Waals surface area contributed by atoms with Gasteiger partial charge in [0.15, 0.2) is 0 Å². The predicted octanol–water partition coefficient (Wildman–Crippen LogP) is -0.198. The molecule has 2 rings (SSSR count). The van der Waals surface area contributed by atoms with Gasteiger partial charge in [0, 0.05) is 12.5 Å². The molecule has 1 aliphatic carbocycles.